The van der Waals surface area contributed by atoms with Crippen LogP contribution >= 0.6 is 0 Å². The Kier molecular flexibility index (Phi) is 7.98. The van der Waals surface area contributed by atoms with E-state index in [9.17, 15) is 9.59 Å². The lowest BCUT2D eigenvalue weighted by Crippen LogP contribution is -2.42. The summed E-state index contributed by atoms with van der Waals surface area (Å²) in [6, 6.07) is 9.89. The number of nitrogens with zero attached hydrogens (tertiary/aromatic N) is 3. The van der Waals surface area contributed by atoms with Gasteiger partial charge >= 0.3 is 0 Å². The molecule has 180 valence electrons. The van der Waals surface area contributed by atoms with E-state index < -0.39 is 0 Å². The second-order valence-corrected chi connectivity index (χ2v) is 10.7. The lowest BCUT2D eigenvalue weighted by Gasteiger charge is -2.26. The Balaban J connectivity index is 1.75. The number of aromatic nitrogens is 2. The van der Waals surface area contributed by atoms with Gasteiger partial charge in [-0.2, -0.15) is 5.10 Å². The molecule has 0 bridgehead atoms. The van der Waals surface area contributed by atoms with Crippen LogP contribution in [0.1, 0.15) is 84.4 Å². The maximum absolute atomic E-state index is 13.1. The lowest BCUT2D eigenvalue weighted by atomic mass is 9.92. The first-order valence-electron chi connectivity index (χ1n) is 12.3. The van der Waals surface area contributed by atoms with Crippen molar-refractivity contribution < 1.29 is 9.59 Å². The van der Waals surface area contributed by atoms with Gasteiger partial charge in [-0.3, -0.25) is 9.59 Å². The Morgan fingerprint density at radius 1 is 1.18 bits per heavy atom. The van der Waals surface area contributed by atoms with Gasteiger partial charge < -0.3 is 10.2 Å². The molecule has 0 atom stereocenters. The molecule has 0 saturated heterocycles. The topological polar surface area (TPSA) is 67.2 Å². The molecule has 0 unspecified atom stereocenters. The van der Waals surface area contributed by atoms with E-state index in [2.05, 4.69) is 26.1 Å². The van der Waals surface area contributed by atoms with Crippen molar-refractivity contribution in [3.8, 4) is 5.69 Å². The van der Waals surface area contributed by atoms with Crippen LogP contribution in [0.3, 0.4) is 0 Å². The predicted octanol–water partition coefficient (Wildman–Crippen LogP) is 5.62. The molecule has 1 aliphatic carbocycles. The lowest BCUT2D eigenvalue weighted by molar-refractivity contribution is -0.136. The van der Waals surface area contributed by atoms with E-state index >= 15 is 0 Å². The van der Waals surface area contributed by atoms with Crippen molar-refractivity contribution >= 4 is 17.6 Å². The smallest absolute Gasteiger partial charge is 0.245 e. The zero-order valence-electron chi connectivity index (χ0n) is 21.1. The van der Waals surface area contributed by atoms with Gasteiger partial charge in [0.25, 0.3) is 0 Å². The predicted molar refractivity (Wildman–Crippen MR) is 134 cm³/mol. The molecule has 0 aliphatic heterocycles. The molecule has 1 fully saturated rings. The van der Waals surface area contributed by atoms with Crippen LogP contribution in [0, 0.1) is 12.8 Å². The van der Waals surface area contributed by atoms with Gasteiger partial charge in [-0.15, -0.1) is 0 Å². The maximum atomic E-state index is 13.1. The summed E-state index contributed by atoms with van der Waals surface area (Å²) in [4.78, 5) is 27.7. The van der Waals surface area contributed by atoms with E-state index in [4.69, 9.17) is 5.10 Å². The first kappa shape index (κ1) is 25.0. The fourth-order valence-electron chi connectivity index (χ4n) is 4.49. The number of hydrogen-bond acceptors (Lipinski definition) is 3. The average molecular weight is 453 g/mol. The Labute approximate surface area is 198 Å². The zero-order valence-corrected chi connectivity index (χ0v) is 21.1. The first-order chi connectivity index (χ1) is 15.6. The highest BCUT2D eigenvalue weighted by Crippen LogP contribution is 2.29. The number of aryl methyl sites for hydroxylation is 1. The number of carbonyl (C=O) groups is 2. The Hall–Kier alpha value is -2.63. The van der Waals surface area contributed by atoms with Crippen LogP contribution in [0.5, 0.6) is 0 Å². The number of hydrogen-bond donors (Lipinski definition) is 1. The van der Waals surface area contributed by atoms with Gasteiger partial charge in [-0.05, 0) is 44.7 Å². The second kappa shape index (κ2) is 10.5. The Morgan fingerprint density at radius 2 is 1.85 bits per heavy atom. The average Bonchev–Trinajstić information content (AvgIpc) is 3.40. The molecule has 1 aromatic carbocycles. The third-order valence-electron chi connectivity index (χ3n) is 6.59. The van der Waals surface area contributed by atoms with E-state index in [0.29, 0.717) is 18.2 Å². The molecule has 2 aromatic rings. The zero-order chi connectivity index (χ0) is 24.2. The van der Waals surface area contributed by atoms with Gasteiger partial charge in [-0.25, -0.2) is 4.68 Å². The van der Waals surface area contributed by atoms with Crippen LogP contribution in [0.4, 0.5) is 5.82 Å². The summed E-state index contributed by atoms with van der Waals surface area (Å²) >= 11 is 0. The molecule has 1 aromatic heterocycles. The molecule has 3 rings (SSSR count). The summed E-state index contributed by atoms with van der Waals surface area (Å²) < 4.78 is 1.80. The molecule has 1 saturated carbocycles. The molecule has 33 heavy (non-hydrogen) atoms. The molecule has 2 amide bonds. The highest BCUT2D eigenvalue weighted by molar-refractivity contribution is 5.94. The number of nitrogens with one attached hydrogen (secondary N) is 1. The minimum absolute atomic E-state index is 0.0294. The van der Waals surface area contributed by atoms with Crippen molar-refractivity contribution in [2.45, 2.75) is 91.5 Å². The van der Waals surface area contributed by atoms with Gasteiger partial charge in [0.2, 0.25) is 11.8 Å². The van der Waals surface area contributed by atoms with E-state index in [1.165, 1.54) is 25.7 Å². The molecule has 1 heterocycles. The van der Waals surface area contributed by atoms with Crippen LogP contribution in [0.15, 0.2) is 30.3 Å². The van der Waals surface area contributed by atoms with Crippen LogP contribution < -0.4 is 5.32 Å². The van der Waals surface area contributed by atoms with Gasteiger partial charge in [-0.1, -0.05) is 64.7 Å². The van der Waals surface area contributed by atoms with Crippen LogP contribution in [-0.2, 0) is 15.0 Å². The third kappa shape index (κ3) is 6.46. The normalized spacial score (nSPS) is 14.6. The van der Waals surface area contributed by atoms with Crippen molar-refractivity contribution in [1.82, 2.24) is 14.7 Å². The Bertz CT molecular complexity index is 965. The largest absolute Gasteiger partial charge is 0.331 e. The van der Waals surface area contributed by atoms with Crippen molar-refractivity contribution in [3.63, 3.8) is 0 Å². The molecule has 0 radical (unpaired) electrons. The van der Waals surface area contributed by atoms with Gasteiger partial charge in [0.1, 0.15) is 12.4 Å². The summed E-state index contributed by atoms with van der Waals surface area (Å²) in [7, 11) is 0. The van der Waals surface area contributed by atoms with Crippen LogP contribution in [-0.4, -0.2) is 39.1 Å². The van der Waals surface area contributed by atoms with Crippen molar-refractivity contribution in [2.24, 2.45) is 5.92 Å². The van der Waals surface area contributed by atoms with Crippen molar-refractivity contribution in [1.29, 1.82) is 0 Å². The number of rotatable bonds is 8. The SMILES string of the molecule is Cc1ccccc1-n1nc(C(C)(C)C)cc1NC(=O)CN(C(=O)CCC1CCCC1)C(C)C. The summed E-state index contributed by atoms with van der Waals surface area (Å²) in [6.45, 7) is 12.3. The molecule has 1 aliphatic rings. The van der Waals surface area contributed by atoms with E-state index in [1.54, 1.807) is 9.58 Å². The summed E-state index contributed by atoms with van der Waals surface area (Å²) in [5.41, 5.74) is 2.74. The van der Waals surface area contributed by atoms with Gasteiger partial charge in [0, 0.05) is 23.9 Å². The van der Waals surface area contributed by atoms with E-state index in [1.807, 2.05) is 51.1 Å². The maximum Gasteiger partial charge on any atom is 0.245 e. The van der Waals surface area contributed by atoms with E-state index in [-0.39, 0.29) is 29.8 Å². The standard InChI is InChI=1S/C27H40N4O2/c1-19(2)30(26(33)16-15-21-12-8-9-13-21)18-25(32)28-24-17-23(27(4,5)6)29-31(24)22-14-10-7-11-20(22)3/h7,10-11,14,17,19,21H,8-9,12-13,15-16,18H2,1-6H3,(H,28,32). The minimum atomic E-state index is -0.201. The molecule has 6 heteroatoms. The number of anilines is 1. The fraction of sp³-hybridized carbons (Fsp3) is 0.593. The van der Waals surface area contributed by atoms with Crippen molar-refractivity contribution in [3.05, 3.63) is 41.6 Å². The highest BCUT2D eigenvalue weighted by Gasteiger charge is 2.25. The summed E-state index contributed by atoms with van der Waals surface area (Å²) in [5.74, 6) is 1.15. The highest BCUT2D eigenvalue weighted by atomic mass is 16.2. The van der Waals surface area contributed by atoms with E-state index in [0.717, 1.165) is 23.4 Å². The van der Waals surface area contributed by atoms with Crippen molar-refractivity contribution in [2.75, 3.05) is 11.9 Å². The molecule has 0 spiro atoms. The number of para-hydroxylation sites is 1. The molecular formula is C27H40N4O2. The third-order valence-corrected chi connectivity index (χ3v) is 6.59. The second-order valence-electron chi connectivity index (χ2n) is 10.7. The number of carbonyl (C=O) groups excluding carboxylic acids is 2. The van der Waals surface area contributed by atoms with Crippen LogP contribution in [0.2, 0.25) is 0 Å². The van der Waals surface area contributed by atoms with Gasteiger partial charge in [0.05, 0.1) is 11.4 Å². The molecule has 1 N–H and O–H groups in total. The van der Waals surface area contributed by atoms with Gasteiger partial charge in [0.15, 0.2) is 0 Å². The number of amides is 2. The van der Waals surface area contributed by atoms with Crippen LogP contribution in [0.25, 0.3) is 5.69 Å². The summed E-state index contributed by atoms with van der Waals surface area (Å²) in [5, 5.41) is 7.84. The Morgan fingerprint density at radius 3 is 2.45 bits per heavy atom. The molecular weight excluding hydrogens is 412 g/mol. The quantitative estimate of drug-likeness (QED) is 0.565. The first-order valence-corrected chi connectivity index (χ1v) is 12.3. The molecule has 6 nitrogen and oxygen atoms in total. The minimum Gasteiger partial charge on any atom is -0.331 e. The monoisotopic (exact) mass is 452 g/mol. The number of benzene rings is 1. The summed E-state index contributed by atoms with van der Waals surface area (Å²) in [6.07, 6.45) is 6.47. The fourth-order valence-corrected chi connectivity index (χ4v) is 4.49.